The van der Waals surface area contributed by atoms with Gasteiger partial charge < -0.3 is 10.4 Å². The Bertz CT molecular complexity index is 752. The predicted molar refractivity (Wildman–Crippen MR) is 83.8 cm³/mol. The highest BCUT2D eigenvalue weighted by molar-refractivity contribution is 5.93. The molecule has 3 rings (SSSR count). The first-order valence-electron chi connectivity index (χ1n) is 6.89. The van der Waals surface area contributed by atoms with E-state index in [0.717, 1.165) is 16.5 Å². The lowest BCUT2D eigenvalue weighted by Gasteiger charge is -2.14. The average molecular weight is 281 g/mol. The second-order valence-electron chi connectivity index (χ2n) is 4.98. The van der Waals surface area contributed by atoms with E-state index in [-0.39, 0.29) is 5.82 Å². The first kappa shape index (κ1) is 13.6. The first-order chi connectivity index (χ1) is 10.2. The lowest BCUT2D eigenvalue weighted by atomic mass is 10.1. The van der Waals surface area contributed by atoms with Crippen LogP contribution in [0.1, 0.15) is 11.7 Å². The molecule has 0 heterocycles. The van der Waals surface area contributed by atoms with E-state index in [0.29, 0.717) is 12.1 Å². The number of hydrogen-bond donors (Lipinski definition) is 2. The Morgan fingerprint density at radius 1 is 0.952 bits per heavy atom. The molecular formula is C18H16FNO. The third-order valence-electron chi connectivity index (χ3n) is 3.51. The fourth-order valence-electron chi connectivity index (χ4n) is 2.42. The topological polar surface area (TPSA) is 32.3 Å². The predicted octanol–water partition coefficient (Wildman–Crippen LogP) is 4.12. The van der Waals surface area contributed by atoms with Crippen molar-refractivity contribution in [2.24, 2.45) is 0 Å². The highest BCUT2D eigenvalue weighted by Crippen LogP contribution is 2.24. The molecule has 0 saturated heterocycles. The summed E-state index contributed by atoms with van der Waals surface area (Å²) >= 11 is 0. The minimum atomic E-state index is -0.750. The number of fused-ring (bicyclic) bond motifs is 1. The van der Waals surface area contributed by atoms with E-state index in [1.165, 1.54) is 12.1 Å². The summed E-state index contributed by atoms with van der Waals surface area (Å²) in [4.78, 5) is 0. The molecule has 1 atom stereocenters. The van der Waals surface area contributed by atoms with Crippen LogP contribution in [0.15, 0.2) is 66.7 Å². The van der Waals surface area contributed by atoms with Crippen LogP contribution in [0.4, 0.5) is 10.1 Å². The van der Waals surface area contributed by atoms with Gasteiger partial charge in [-0.3, -0.25) is 0 Å². The van der Waals surface area contributed by atoms with Gasteiger partial charge in [0.2, 0.25) is 0 Å². The molecule has 0 spiro atoms. The minimum Gasteiger partial charge on any atom is -0.387 e. The van der Waals surface area contributed by atoms with Crippen molar-refractivity contribution in [1.82, 2.24) is 0 Å². The zero-order valence-electron chi connectivity index (χ0n) is 11.5. The van der Waals surface area contributed by atoms with Gasteiger partial charge in [-0.15, -0.1) is 0 Å². The molecule has 2 N–H and O–H groups in total. The molecule has 3 aromatic rings. The number of aliphatic hydroxyl groups is 1. The molecule has 0 bridgehead atoms. The summed E-state index contributed by atoms with van der Waals surface area (Å²) in [6.07, 6.45) is -0.750. The third-order valence-corrected chi connectivity index (χ3v) is 3.51. The van der Waals surface area contributed by atoms with Crippen molar-refractivity contribution in [2.75, 3.05) is 11.9 Å². The van der Waals surface area contributed by atoms with Gasteiger partial charge in [-0.25, -0.2) is 4.39 Å². The van der Waals surface area contributed by atoms with Gasteiger partial charge in [0.05, 0.1) is 6.10 Å². The molecule has 3 aromatic carbocycles. The highest BCUT2D eigenvalue weighted by Gasteiger charge is 2.09. The second kappa shape index (κ2) is 5.94. The van der Waals surface area contributed by atoms with Gasteiger partial charge in [-0.05, 0) is 29.1 Å². The van der Waals surface area contributed by atoms with E-state index in [9.17, 15) is 9.50 Å². The van der Waals surface area contributed by atoms with Gasteiger partial charge in [-0.1, -0.05) is 48.5 Å². The van der Waals surface area contributed by atoms with Crippen molar-refractivity contribution in [1.29, 1.82) is 0 Å². The smallest absolute Gasteiger partial charge is 0.123 e. The van der Waals surface area contributed by atoms with Gasteiger partial charge in [0, 0.05) is 17.6 Å². The van der Waals surface area contributed by atoms with E-state index < -0.39 is 6.10 Å². The summed E-state index contributed by atoms with van der Waals surface area (Å²) in [5.74, 6) is -0.336. The van der Waals surface area contributed by atoms with Crippen LogP contribution >= 0.6 is 0 Å². The van der Waals surface area contributed by atoms with E-state index in [4.69, 9.17) is 0 Å². The maximum Gasteiger partial charge on any atom is 0.123 e. The molecule has 106 valence electrons. The molecule has 3 heteroatoms. The lowest BCUT2D eigenvalue weighted by Crippen LogP contribution is -2.12. The van der Waals surface area contributed by atoms with Crippen LogP contribution in [-0.4, -0.2) is 11.7 Å². The number of hydrogen-bond acceptors (Lipinski definition) is 2. The summed E-state index contributed by atoms with van der Waals surface area (Å²) in [5, 5.41) is 15.6. The number of rotatable bonds is 4. The second-order valence-corrected chi connectivity index (χ2v) is 4.98. The normalized spacial score (nSPS) is 12.3. The number of nitrogens with one attached hydrogen (secondary N) is 1. The van der Waals surface area contributed by atoms with Crippen LogP contribution in [0.25, 0.3) is 10.8 Å². The average Bonchev–Trinajstić information content (AvgIpc) is 2.52. The molecule has 0 saturated carbocycles. The number of anilines is 1. The maximum absolute atomic E-state index is 13.2. The van der Waals surface area contributed by atoms with E-state index >= 15 is 0 Å². The monoisotopic (exact) mass is 281 g/mol. The van der Waals surface area contributed by atoms with Crippen molar-refractivity contribution in [2.45, 2.75) is 6.10 Å². The highest BCUT2D eigenvalue weighted by atomic mass is 19.1. The molecule has 0 aliphatic heterocycles. The van der Waals surface area contributed by atoms with Gasteiger partial charge >= 0.3 is 0 Å². The first-order valence-corrected chi connectivity index (χ1v) is 6.89. The molecule has 0 aliphatic carbocycles. The molecular weight excluding hydrogens is 265 g/mol. The molecule has 0 fully saturated rings. The summed E-state index contributed by atoms with van der Waals surface area (Å²) in [7, 11) is 0. The molecule has 0 aromatic heterocycles. The van der Waals surface area contributed by atoms with Crippen molar-refractivity contribution in [3.63, 3.8) is 0 Å². The summed E-state index contributed by atoms with van der Waals surface area (Å²) in [6, 6.07) is 20.1. The van der Waals surface area contributed by atoms with Crippen molar-refractivity contribution < 1.29 is 9.50 Å². The minimum absolute atomic E-state index is 0.331. The van der Waals surface area contributed by atoms with Crippen LogP contribution in [0.3, 0.4) is 0 Å². The molecule has 2 nitrogen and oxygen atoms in total. The zero-order valence-corrected chi connectivity index (χ0v) is 11.5. The third kappa shape index (κ3) is 3.03. The van der Waals surface area contributed by atoms with Crippen LogP contribution in [-0.2, 0) is 0 Å². The van der Waals surface area contributed by atoms with E-state index in [1.54, 1.807) is 12.1 Å². The Balaban J connectivity index is 1.77. The van der Waals surface area contributed by atoms with Gasteiger partial charge in [0.15, 0.2) is 0 Å². The number of aliphatic hydroxyl groups excluding tert-OH is 1. The fraction of sp³-hybridized carbons (Fsp3) is 0.111. The number of benzene rings is 3. The van der Waals surface area contributed by atoms with Gasteiger partial charge in [-0.2, -0.15) is 0 Å². The Morgan fingerprint density at radius 2 is 1.71 bits per heavy atom. The molecule has 0 aliphatic rings. The molecule has 1 unspecified atom stereocenters. The molecule has 0 amide bonds. The Morgan fingerprint density at radius 3 is 2.57 bits per heavy atom. The van der Waals surface area contributed by atoms with Crippen LogP contribution < -0.4 is 5.32 Å². The summed E-state index contributed by atoms with van der Waals surface area (Å²) < 4.78 is 13.2. The van der Waals surface area contributed by atoms with Gasteiger partial charge in [0.1, 0.15) is 5.82 Å². The SMILES string of the molecule is OC(CNc1cccc2ccccc12)c1cccc(F)c1. The van der Waals surface area contributed by atoms with Crippen molar-refractivity contribution in [3.05, 3.63) is 78.1 Å². The van der Waals surface area contributed by atoms with Crippen molar-refractivity contribution >= 4 is 16.5 Å². The van der Waals surface area contributed by atoms with Crippen LogP contribution in [0, 0.1) is 5.82 Å². The standard InChI is InChI=1S/C18H16FNO/c19-15-8-3-7-14(11-15)18(21)12-20-17-10-4-6-13-5-1-2-9-16(13)17/h1-11,18,20-21H,12H2. The Labute approximate surface area is 122 Å². The van der Waals surface area contributed by atoms with E-state index in [1.807, 2.05) is 42.5 Å². The van der Waals surface area contributed by atoms with Crippen LogP contribution in [0.2, 0.25) is 0 Å². The maximum atomic E-state index is 13.2. The lowest BCUT2D eigenvalue weighted by molar-refractivity contribution is 0.191. The number of halogens is 1. The summed E-state index contributed by atoms with van der Waals surface area (Å²) in [6.45, 7) is 0.331. The molecule has 21 heavy (non-hydrogen) atoms. The van der Waals surface area contributed by atoms with Crippen LogP contribution in [0.5, 0.6) is 0 Å². The quantitative estimate of drug-likeness (QED) is 0.754. The van der Waals surface area contributed by atoms with Crippen molar-refractivity contribution in [3.8, 4) is 0 Å². The Hall–Kier alpha value is -2.39. The van der Waals surface area contributed by atoms with E-state index in [2.05, 4.69) is 5.32 Å². The fourth-order valence-corrected chi connectivity index (χ4v) is 2.42. The molecule has 0 radical (unpaired) electrons. The summed E-state index contributed by atoms with van der Waals surface area (Å²) in [5.41, 5.74) is 1.53. The zero-order chi connectivity index (χ0) is 14.7. The largest absolute Gasteiger partial charge is 0.387 e. The Kier molecular flexibility index (Phi) is 3.84. The van der Waals surface area contributed by atoms with Gasteiger partial charge in [0.25, 0.3) is 0 Å².